The van der Waals surface area contributed by atoms with Gasteiger partial charge in [0.15, 0.2) is 0 Å². The van der Waals surface area contributed by atoms with Crippen LogP contribution < -0.4 is 5.32 Å². The zero-order chi connectivity index (χ0) is 7.56. The fourth-order valence-electron chi connectivity index (χ4n) is 0.779. The second kappa shape index (κ2) is 2.88. The molecule has 0 aliphatic heterocycles. The van der Waals surface area contributed by atoms with Crippen molar-refractivity contribution >= 4 is 0 Å². The Bertz CT molecular complexity index is 149. The van der Waals surface area contributed by atoms with Crippen LogP contribution in [0.15, 0.2) is 24.9 Å². The van der Waals surface area contributed by atoms with Crippen molar-refractivity contribution in [2.45, 2.75) is 19.1 Å². The summed E-state index contributed by atoms with van der Waals surface area (Å²) in [5, 5.41) is 12.1. The highest BCUT2D eigenvalue weighted by Crippen LogP contribution is 2.31. The molecule has 0 saturated heterocycles. The summed E-state index contributed by atoms with van der Waals surface area (Å²) in [5.41, 5.74) is 0.694. The number of rotatable bonds is 4. The Balaban J connectivity index is 2.22. The van der Waals surface area contributed by atoms with Gasteiger partial charge in [-0.2, -0.15) is 0 Å². The molecule has 0 bridgehead atoms. The first kappa shape index (κ1) is 7.35. The van der Waals surface area contributed by atoms with Crippen LogP contribution in [0.5, 0.6) is 0 Å². The Labute approximate surface area is 61.3 Å². The van der Waals surface area contributed by atoms with E-state index in [0.29, 0.717) is 11.6 Å². The first-order valence-corrected chi connectivity index (χ1v) is 3.50. The van der Waals surface area contributed by atoms with Gasteiger partial charge >= 0.3 is 0 Å². The topological polar surface area (TPSA) is 32.3 Å². The molecule has 1 rings (SSSR count). The SMILES string of the molecule is C=CC(=C)NC(O)C1CC1. The normalized spacial score (nSPS) is 19.7. The number of aliphatic hydroxyl groups is 1. The van der Waals surface area contributed by atoms with Crippen LogP contribution >= 0.6 is 0 Å². The van der Waals surface area contributed by atoms with E-state index in [2.05, 4.69) is 18.5 Å². The molecular weight excluding hydrogens is 126 g/mol. The predicted octanol–water partition coefficient (Wildman–Crippen LogP) is 1.00. The van der Waals surface area contributed by atoms with Crippen LogP contribution in [0.4, 0.5) is 0 Å². The van der Waals surface area contributed by atoms with Crippen LogP contribution in [-0.4, -0.2) is 11.3 Å². The van der Waals surface area contributed by atoms with Gasteiger partial charge in [-0.25, -0.2) is 0 Å². The number of hydrogen-bond acceptors (Lipinski definition) is 2. The Morgan fingerprint density at radius 3 is 2.70 bits per heavy atom. The summed E-state index contributed by atoms with van der Waals surface area (Å²) < 4.78 is 0. The van der Waals surface area contributed by atoms with Crippen molar-refractivity contribution in [3.8, 4) is 0 Å². The van der Waals surface area contributed by atoms with E-state index in [-0.39, 0.29) is 0 Å². The summed E-state index contributed by atoms with van der Waals surface area (Å²) in [6, 6.07) is 0. The summed E-state index contributed by atoms with van der Waals surface area (Å²) >= 11 is 0. The molecule has 1 atom stereocenters. The minimum Gasteiger partial charge on any atom is -0.374 e. The van der Waals surface area contributed by atoms with Gasteiger partial charge in [0, 0.05) is 11.6 Å². The summed E-state index contributed by atoms with van der Waals surface area (Å²) in [4.78, 5) is 0. The lowest BCUT2D eigenvalue weighted by atomic mass is 10.3. The van der Waals surface area contributed by atoms with Gasteiger partial charge in [-0.05, 0) is 18.9 Å². The molecule has 1 saturated carbocycles. The largest absolute Gasteiger partial charge is 0.374 e. The second-order valence-corrected chi connectivity index (χ2v) is 2.66. The Hall–Kier alpha value is -0.760. The van der Waals surface area contributed by atoms with Gasteiger partial charge in [0.2, 0.25) is 0 Å². The minimum atomic E-state index is -0.412. The van der Waals surface area contributed by atoms with E-state index < -0.39 is 6.23 Å². The lowest BCUT2D eigenvalue weighted by Gasteiger charge is -2.11. The lowest BCUT2D eigenvalue weighted by Crippen LogP contribution is -2.28. The Morgan fingerprint density at radius 1 is 1.70 bits per heavy atom. The smallest absolute Gasteiger partial charge is 0.127 e. The maximum absolute atomic E-state index is 9.27. The quantitative estimate of drug-likeness (QED) is 0.450. The highest BCUT2D eigenvalue weighted by Gasteiger charge is 2.29. The number of aliphatic hydroxyl groups excluding tert-OH is 1. The zero-order valence-electron chi connectivity index (χ0n) is 6.01. The predicted molar refractivity (Wildman–Crippen MR) is 41.2 cm³/mol. The molecule has 0 spiro atoms. The average molecular weight is 139 g/mol. The molecule has 2 N–H and O–H groups in total. The van der Waals surface area contributed by atoms with Crippen molar-refractivity contribution in [2.24, 2.45) is 5.92 Å². The highest BCUT2D eigenvalue weighted by molar-refractivity contribution is 5.09. The first-order chi connectivity index (χ1) is 4.74. The summed E-state index contributed by atoms with van der Waals surface area (Å²) in [6.45, 7) is 7.15. The van der Waals surface area contributed by atoms with E-state index in [1.165, 1.54) is 0 Å². The molecule has 1 unspecified atom stereocenters. The molecule has 10 heavy (non-hydrogen) atoms. The molecule has 2 nitrogen and oxygen atoms in total. The second-order valence-electron chi connectivity index (χ2n) is 2.66. The molecule has 56 valence electrons. The number of nitrogens with one attached hydrogen (secondary N) is 1. The molecule has 1 fully saturated rings. The molecule has 0 heterocycles. The first-order valence-electron chi connectivity index (χ1n) is 3.50. The summed E-state index contributed by atoms with van der Waals surface area (Å²) in [6.07, 6.45) is 3.44. The number of hydrogen-bond donors (Lipinski definition) is 2. The van der Waals surface area contributed by atoms with Crippen molar-refractivity contribution in [1.29, 1.82) is 0 Å². The van der Waals surface area contributed by atoms with Gasteiger partial charge in [-0.3, -0.25) is 0 Å². The van der Waals surface area contributed by atoms with E-state index in [9.17, 15) is 5.11 Å². The molecule has 1 aliphatic rings. The number of allylic oxidation sites excluding steroid dienone is 1. The third-order valence-electron chi connectivity index (χ3n) is 1.65. The van der Waals surface area contributed by atoms with Crippen molar-refractivity contribution in [3.63, 3.8) is 0 Å². The highest BCUT2D eigenvalue weighted by atomic mass is 16.3. The zero-order valence-corrected chi connectivity index (χ0v) is 6.01. The van der Waals surface area contributed by atoms with Crippen molar-refractivity contribution in [1.82, 2.24) is 5.32 Å². The standard InChI is InChI=1S/C8H13NO/c1-3-6(2)9-8(10)7-4-5-7/h3,7-10H,1-2,4-5H2. The van der Waals surface area contributed by atoms with Gasteiger partial charge in [0.1, 0.15) is 6.23 Å². The third kappa shape index (κ3) is 1.88. The van der Waals surface area contributed by atoms with Crippen LogP contribution in [0.1, 0.15) is 12.8 Å². The van der Waals surface area contributed by atoms with Gasteiger partial charge in [0.05, 0.1) is 0 Å². The van der Waals surface area contributed by atoms with E-state index in [4.69, 9.17) is 0 Å². The van der Waals surface area contributed by atoms with E-state index in [1.807, 2.05) is 0 Å². The van der Waals surface area contributed by atoms with E-state index in [0.717, 1.165) is 12.8 Å². The van der Waals surface area contributed by atoms with Crippen LogP contribution in [0.25, 0.3) is 0 Å². The fourth-order valence-corrected chi connectivity index (χ4v) is 0.779. The molecule has 0 radical (unpaired) electrons. The van der Waals surface area contributed by atoms with Crippen molar-refractivity contribution in [2.75, 3.05) is 0 Å². The third-order valence-corrected chi connectivity index (χ3v) is 1.65. The van der Waals surface area contributed by atoms with Gasteiger partial charge in [-0.1, -0.05) is 13.2 Å². The van der Waals surface area contributed by atoms with E-state index in [1.54, 1.807) is 6.08 Å². The van der Waals surface area contributed by atoms with Crippen molar-refractivity contribution < 1.29 is 5.11 Å². The van der Waals surface area contributed by atoms with Gasteiger partial charge < -0.3 is 10.4 Å². The molecule has 1 aliphatic carbocycles. The maximum atomic E-state index is 9.27. The molecular formula is C8H13NO. The van der Waals surface area contributed by atoms with Crippen LogP contribution in [0.3, 0.4) is 0 Å². The summed E-state index contributed by atoms with van der Waals surface area (Å²) in [7, 11) is 0. The molecule has 0 aromatic heterocycles. The Morgan fingerprint density at radius 2 is 2.30 bits per heavy atom. The van der Waals surface area contributed by atoms with Gasteiger partial charge in [0.25, 0.3) is 0 Å². The molecule has 0 amide bonds. The van der Waals surface area contributed by atoms with E-state index >= 15 is 0 Å². The lowest BCUT2D eigenvalue weighted by molar-refractivity contribution is 0.128. The molecule has 0 aromatic carbocycles. The van der Waals surface area contributed by atoms with Crippen LogP contribution in [0, 0.1) is 5.92 Å². The maximum Gasteiger partial charge on any atom is 0.127 e. The average Bonchev–Trinajstić information content (AvgIpc) is 2.68. The van der Waals surface area contributed by atoms with Crippen molar-refractivity contribution in [3.05, 3.63) is 24.9 Å². The Kier molecular flexibility index (Phi) is 2.12. The monoisotopic (exact) mass is 139 g/mol. The minimum absolute atomic E-state index is 0.412. The van der Waals surface area contributed by atoms with Gasteiger partial charge in [-0.15, -0.1) is 0 Å². The molecule has 0 aromatic rings. The van der Waals surface area contributed by atoms with Crippen LogP contribution in [-0.2, 0) is 0 Å². The fraction of sp³-hybridized carbons (Fsp3) is 0.500. The van der Waals surface area contributed by atoms with Crippen LogP contribution in [0.2, 0.25) is 0 Å². The summed E-state index contributed by atoms with van der Waals surface area (Å²) in [5.74, 6) is 0.441. The molecule has 2 heteroatoms.